The number of esters is 1. The first-order valence-electron chi connectivity index (χ1n) is 8.50. The van der Waals surface area contributed by atoms with Crippen LogP contribution in [0, 0.1) is 0 Å². The van der Waals surface area contributed by atoms with Gasteiger partial charge in [-0.1, -0.05) is 41.9 Å². The van der Waals surface area contributed by atoms with E-state index in [9.17, 15) is 22.8 Å². The van der Waals surface area contributed by atoms with Gasteiger partial charge in [-0.15, -0.1) is 0 Å². The lowest BCUT2D eigenvalue weighted by Gasteiger charge is -2.21. The van der Waals surface area contributed by atoms with Crippen LogP contribution in [0.2, 0.25) is 5.02 Å². The van der Waals surface area contributed by atoms with Gasteiger partial charge in [-0.3, -0.25) is 9.59 Å². The minimum Gasteiger partial charge on any atom is -0.463 e. The van der Waals surface area contributed by atoms with E-state index in [0.29, 0.717) is 5.56 Å². The van der Waals surface area contributed by atoms with E-state index in [1.165, 1.54) is 12.1 Å². The Morgan fingerprint density at radius 2 is 1.68 bits per heavy atom. The van der Waals surface area contributed by atoms with Crippen LogP contribution in [0.25, 0.3) is 0 Å². The molecular formula is C20H19ClF3NO3. The van der Waals surface area contributed by atoms with Gasteiger partial charge in [0, 0.05) is 5.02 Å². The van der Waals surface area contributed by atoms with E-state index in [2.05, 4.69) is 5.32 Å². The maximum absolute atomic E-state index is 13.2. The van der Waals surface area contributed by atoms with E-state index < -0.39 is 35.2 Å². The van der Waals surface area contributed by atoms with Crippen LogP contribution in [0.3, 0.4) is 0 Å². The largest absolute Gasteiger partial charge is 0.463 e. The van der Waals surface area contributed by atoms with E-state index in [0.717, 1.165) is 12.1 Å². The molecule has 28 heavy (non-hydrogen) atoms. The number of amides is 1. The average molecular weight is 414 g/mol. The van der Waals surface area contributed by atoms with Crippen LogP contribution in [-0.4, -0.2) is 18.0 Å². The molecule has 1 N–H and O–H groups in total. The van der Waals surface area contributed by atoms with Gasteiger partial charge in [0.05, 0.1) is 29.7 Å². The Hall–Kier alpha value is -2.54. The van der Waals surface area contributed by atoms with Gasteiger partial charge in [-0.05, 0) is 37.6 Å². The molecule has 0 bridgehead atoms. The second-order valence-corrected chi connectivity index (χ2v) is 6.74. The summed E-state index contributed by atoms with van der Waals surface area (Å²) >= 11 is 6.16. The van der Waals surface area contributed by atoms with Crippen molar-refractivity contribution in [2.45, 2.75) is 38.6 Å². The van der Waals surface area contributed by atoms with Crippen LogP contribution in [0.5, 0.6) is 0 Å². The van der Waals surface area contributed by atoms with Crippen molar-refractivity contribution >= 4 is 23.5 Å². The Balaban J connectivity index is 2.34. The molecule has 1 atom stereocenters. The predicted molar refractivity (Wildman–Crippen MR) is 98.9 cm³/mol. The van der Waals surface area contributed by atoms with E-state index >= 15 is 0 Å². The number of nitrogens with one attached hydrogen (secondary N) is 1. The van der Waals surface area contributed by atoms with E-state index in [4.69, 9.17) is 16.3 Å². The summed E-state index contributed by atoms with van der Waals surface area (Å²) in [5.74, 6) is -1.57. The first kappa shape index (κ1) is 21.8. The number of carbonyl (C=O) groups is 2. The molecule has 0 radical (unpaired) electrons. The fourth-order valence-corrected chi connectivity index (χ4v) is 2.91. The van der Waals surface area contributed by atoms with Crippen LogP contribution < -0.4 is 5.32 Å². The molecule has 0 fully saturated rings. The lowest BCUT2D eigenvalue weighted by Crippen LogP contribution is -2.32. The number of rotatable bonds is 6. The predicted octanol–water partition coefficient (Wildman–Crippen LogP) is 5.17. The van der Waals surface area contributed by atoms with Crippen molar-refractivity contribution in [2.24, 2.45) is 0 Å². The van der Waals surface area contributed by atoms with Gasteiger partial charge >= 0.3 is 12.1 Å². The van der Waals surface area contributed by atoms with Gasteiger partial charge < -0.3 is 10.1 Å². The minimum absolute atomic E-state index is 0.272. The Bertz CT molecular complexity index is 853. The summed E-state index contributed by atoms with van der Waals surface area (Å²) in [6, 6.07) is 9.95. The molecule has 2 aromatic rings. The van der Waals surface area contributed by atoms with Crippen LogP contribution in [0.4, 0.5) is 13.2 Å². The Morgan fingerprint density at radius 3 is 2.29 bits per heavy atom. The summed E-state index contributed by atoms with van der Waals surface area (Å²) in [5, 5.41) is 2.76. The van der Waals surface area contributed by atoms with E-state index in [-0.39, 0.29) is 17.5 Å². The van der Waals surface area contributed by atoms with Crippen molar-refractivity contribution in [3.05, 3.63) is 70.2 Å². The van der Waals surface area contributed by atoms with Crippen molar-refractivity contribution in [1.29, 1.82) is 0 Å². The first-order chi connectivity index (χ1) is 13.1. The van der Waals surface area contributed by atoms with E-state index in [1.54, 1.807) is 38.1 Å². The maximum atomic E-state index is 13.2. The third-order valence-corrected chi connectivity index (χ3v) is 4.15. The zero-order valence-electron chi connectivity index (χ0n) is 15.2. The molecule has 0 spiro atoms. The molecule has 8 heteroatoms. The number of hydrogen-bond donors (Lipinski definition) is 1. The summed E-state index contributed by atoms with van der Waals surface area (Å²) in [7, 11) is 0. The summed E-state index contributed by atoms with van der Waals surface area (Å²) in [5.41, 5.74) is -1.19. The minimum atomic E-state index is -4.69. The van der Waals surface area contributed by atoms with Crippen molar-refractivity contribution in [3.63, 3.8) is 0 Å². The lowest BCUT2D eigenvalue weighted by atomic mass is 10.0. The topological polar surface area (TPSA) is 55.4 Å². The van der Waals surface area contributed by atoms with Crippen molar-refractivity contribution in [1.82, 2.24) is 5.32 Å². The van der Waals surface area contributed by atoms with Crippen molar-refractivity contribution in [2.75, 3.05) is 0 Å². The quantitative estimate of drug-likeness (QED) is 0.664. The summed E-state index contributed by atoms with van der Waals surface area (Å²) in [6.45, 7) is 3.33. The Labute approximate surface area is 165 Å². The number of halogens is 4. The molecule has 0 aromatic heterocycles. The number of ether oxygens (including phenoxy) is 1. The van der Waals surface area contributed by atoms with Gasteiger partial charge in [-0.25, -0.2) is 0 Å². The SMILES string of the molecule is CC(C)OC(=O)C[C@H](NC(=O)c1ccccc1C(F)(F)F)c1ccccc1Cl. The molecule has 0 saturated heterocycles. The van der Waals surface area contributed by atoms with Gasteiger partial charge in [0.2, 0.25) is 0 Å². The molecule has 0 heterocycles. The zero-order chi connectivity index (χ0) is 20.9. The molecule has 2 rings (SSSR count). The van der Waals surface area contributed by atoms with E-state index in [1.807, 2.05) is 0 Å². The summed E-state index contributed by atoms with van der Waals surface area (Å²) in [6.07, 6.45) is -5.34. The normalized spacial score (nSPS) is 12.5. The standard InChI is InChI=1S/C20H19ClF3NO3/c1-12(2)28-18(26)11-17(14-8-4-6-10-16(14)21)25-19(27)13-7-3-5-9-15(13)20(22,23)24/h3-10,12,17H,11H2,1-2H3,(H,25,27)/t17-/m0/s1. The fourth-order valence-electron chi connectivity index (χ4n) is 2.64. The molecule has 0 aliphatic rings. The Kier molecular flexibility index (Phi) is 7.07. The second-order valence-electron chi connectivity index (χ2n) is 6.33. The maximum Gasteiger partial charge on any atom is 0.417 e. The molecule has 150 valence electrons. The van der Waals surface area contributed by atoms with Gasteiger partial charge in [0.25, 0.3) is 5.91 Å². The summed E-state index contributed by atoms with van der Waals surface area (Å²) < 4.78 is 44.7. The molecule has 2 aromatic carbocycles. The van der Waals surface area contributed by atoms with Crippen LogP contribution in [0.15, 0.2) is 48.5 Å². The molecule has 0 aliphatic carbocycles. The van der Waals surface area contributed by atoms with Crippen LogP contribution in [0.1, 0.15) is 47.8 Å². The molecular weight excluding hydrogens is 395 g/mol. The Morgan fingerprint density at radius 1 is 1.07 bits per heavy atom. The summed E-state index contributed by atoms with van der Waals surface area (Å²) in [4.78, 5) is 24.7. The van der Waals surface area contributed by atoms with Crippen LogP contribution in [-0.2, 0) is 15.7 Å². The number of benzene rings is 2. The van der Waals surface area contributed by atoms with Gasteiger partial charge in [0.15, 0.2) is 0 Å². The molecule has 1 amide bonds. The van der Waals surface area contributed by atoms with Crippen LogP contribution >= 0.6 is 11.6 Å². The monoisotopic (exact) mass is 413 g/mol. The second kappa shape index (κ2) is 9.10. The first-order valence-corrected chi connectivity index (χ1v) is 8.88. The average Bonchev–Trinajstić information content (AvgIpc) is 2.60. The number of hydrogen-bond acceptors (Lipinski definition) is 3. The third-order valence-electron chi connectivity index (χ3n) is 3.80. The zero-order valence-corrected chi connectivity index (χ0v) is 16.0. The highest BCUT2D eigenvalue weighted by Crippen LogP contribution is 2.32. The molecule has 0 unspecified atom stereocenters. The smallest absolute Gasteiger partial charge is 0.417 e. The molecule has 4 nitrogen and oxygen atoms in total. The molecule has 0 aliphatic heterocycles. The van der Waals surface area contributed by atoms with Gasteiger partial charge in [0.1, 0.15) is 0 Å². The highest BCUT2D eigenvalue weighted by molar-refractivity contribution is 6.31. The number of carbonyl (C=O) groups excluding carboxylic acids is 2. The van der Waals surface area contributed by atoms with Crippen molar-refractivity contribution in [3.8, 4) is 0 Å². The third kappa shape index (κ3) is 5.73. The fraction of sp³-hybridized carbons (Fsp3) is 0.300. The van der Waals surface area contributed by atoms with Crippen molar-refractivity contribution < 1.29 is 27.5 Å². The van der Waals surface area contributed by atoms with Gasteiger partial charge in [-0.2, -0.15) is 13.2 Å². The number of alkyl halides is 3. The molecule has 0 saturated carbocycles. The lowest BCUT2D eigenvalue weighted by molar-refractivity contribution is -0.148. The highest BCUT2D eigenvalue weighted by Gasteiger charge is 2.35. The highest BCUT2D eigenvalue weighted by atomic mass is 35.5.